The molecule has 22 heavy (non-hydrogen) atoms. The van der Waals surface area contributed by atoms with Crippen LogP contribution in [0.1, 0.15) is 16.7 Å². The molecule has 0 heterocycles. The number of non-ortho nitro benzene ring substituents is 1. The molecule has 0 aliphatic heterocycles. The SMILES string of the molecule is Cc1ccc(C)c(NC(=O)C=Cc2cccc([N+](=O)[O-])c2)c1. The summed E-state index contributed by atoms with van der Waals surface area (Å²) in [7, 11) is 0. The highest BCUT2D eigenvalue weighted by atomic mass is 16.6. The van der Waals surface area contributed by atoms with Crippen molar-refractivity contribution in [3.05, 3.63) is 75.3 Å². The van der Waals surface area contributed by atoms with Gasteiger partial charge in [0.25, 0.3) is 5.69 Å². The highest BCUT2D eigenvalue weighted by Crippen LogP contribution is 2.17. The number of hydrogen-bond acceptors (Lipinski definition) is 3. The maximum absolute atomic E-state index is 11.9. The molecule has 0 saturated carbocycles. The Kier molecular flexibility index (Phi) is 4.68. The Morgan fingerprint density at radius 2 is 1.95 bits per heavy atom. The van der Waals surface area contributed by atoms with Gasteiger partial charge in [-0.25, -0.2) is 0 Å². The average molecular weight is 296 g/mol. The zero-order valence-corrected chi connectivity index (χ0v) is 12.4. The van der Waals surface area contributed by atoms with E-state index in [4.69, 9.17) is 0 Å². The van der Waals surface area contributed by atoms with Crippen molar-refractivity contribution in [3.8, 4) is 0 Å². The van der Waals surface area contributed by atoms with Crippen LogP contribution >= 0.6 is 0 Å². The zero-order chi connectivity index (χ0) is 16.1. The third-order valence-electron chi connectivity index (χ3n) is 3.16. The molecule has 0 saturated heterocycles. The maximum atomic E-state index is 11.9. The number of hydrogen-bond donors (Lipinski definition) is 1. The van der Waals surface area contributed by atoms with Gasteiger partial charge in [-0.1, -0.05) is 24.3 Å². The van der Waals surface area contributed by atoms with Gasteiger partial charge >= 0.3 is 0 Å². The largest absolute Gasteiger partial charge is 0.322 e. The fraction of sp³-hybridized carbons (Fsp3) is 0.118. The lowest BCUT2D eigenvalue weighted by Crippen LogP contribution is -2.09. The number of rotatable bonds is 4. The summed E-state index contributed by atoms with van der Waals surface area (Å²) in [6.45, 7) is 3.87. The molecule has 5 heteroatoms. The van der Waals surface area contributed by atoms with Crippen LogP contribution in [-0.4, -0.2) is 10.8 Å². The van der Waals surface area contributed by atoms with Gasteiger partial charge < -0.3 is 5.32 Å². The normalized spacial score (nSPS) is 10.6. The molecule has 0 unspecified atom stereocenters. The number of carbonyl (C=O) groups is 1. The van der Waals surface area contributed by atoms with Crippen LogP contribution in [0.5, 0.6) is 0 Å². The molecule has 2 aromatic carbocycles. The number of amides is 1. The van der Waals surface area contributed by atoms with Gasteiger partial charge in [-0.15, -0.1) is 0 Å². The summed E-state index contributed by atoms with van der Waals surface area (Å²) in [5, 5.41) is 13.5. The molecular formula is C17H16N2O3. The fourth-order valence-electron chi connectivity index (χ4n) is 1.96. The molecule has 1 N–H and O–H groups in total. The Bertz CT molecular complexity index is 751. The molecule has 0 atom stereocenters. The van der Waals surface area contributed by atoms with Crippen molar-refractivity contribution in [2.75, 3.05) is 5.32 Å². The summed E-state index contributed by atoms with van der Waals surface area (Å²) in [6.07, 6.45) is 2.91. The minimum absolute atomic E-state index is 0.00270. The quantitative estimate of drug-likeness (QED) is 0.529. The van der Waals surface area contributed by atoms with Crippen molar-refractivity contribution in [1.82, 2.24) is 0 Å². The summed E-state index contributed by atoms with van der Waals surface area (Å²) in [6, 6.07) is 11.9. The maximum Gasteiger partial charge on any atom is 0.270 e. The monoisotopic (exact) mass is 296 g/mol. The molecule has 2 aromatic rings. The van der Waals surface area contributed by atoms with Gasteiger partial charge in [0.1, 0.15) is 0 Å². The van der Waals surface area contributed by atoms with E-state index in [1.165, 1.54) is 18.2 Å². The minimum Gasteiger partial charge on any atom is -0.322 e. The molecule has 0 aliphatic rings. The first-order valence-corrected chi connectivity index (χ1v) is 6.76. The fourth-order valence-corrected chi connectivity index (χ4v) is 1.96. The summed E-state index contributed by atoms with van der Waals surface area (Å²) in [5.74, 6) is -0.278. The van der Waals surface area contributed by atoms with Gasteiger partial charge in [-0.2, -0.15) is 0 Å². The Morgan fingerprint density at radius 1 is 1.18 bits per heavy atom. The molecule has 0 aliphatic carbocycles. The van der Waals surface area contributed by atoms with Gasteiger partial charge in [-0.3, -0.25) is 14.9 Å². The van der Waals surface area contributed by atoms with Crippen LogP contribution in [-0.2, 0) is 4.79 Å². The molecule has 0 radical (unpaired) electrons. The van der Waals surface area contributed by atoms with E-state index in [1.54, 1.807) is 18.2 Å². The van der Waals surface area contributed by atoms with Gasteiger partial charge in [0, 0.05) is 23.9 Å². The number of nitrogens with zero attached hydrogens (tertiary/aromatic N) is 1. The van der Waals surface area contributed by atoms with E-state index in [0.717, 1.165) is 16.8 Å². The van der Waals surface area contributed by atoms with Gasteiger partial charge in [-0.05, 0) is 42.7 Å². The van der Waals surface area contributed by atoms with E-state index < -0.39 is 4.92 Å². The Balaban J connectivity index is 2.10. The predicted octanol–water partition coefficient (Wildman–Crippen LogP) is 3.86. The number of benzene rings is 2. The number of nitro groups is 1. The summed E-state index contributed by atoms with van der Waals surface area (Å²) in [4.78, 5) is 22.2. The summed E-state index contributed by atoms with van der Waals surface area (Å²) in [5.41, 5.74) is 3.39. The van der Waals surface area contributed by atoms with Crippen LogP contribution in [0.3, 0.4) is 0 Å². The zero-order valence-electron chi connectivity index (χ0n) is 12.4. The molecule has 0 fully saturated rings. The number of nitro benzene ring substituents is 1. The van der Waals surface area contributed by atoms with Crippen molar-refractivity contribution < 1.29 is 9.72 Å². The predicted molar refractivity (Wildman–Crippen MR) is 86.7 cm³/mol. The van der Waals surface area contributed by atoms with E-state index in [2.05, 4.69) is 5.32 Å². The highest BCUT2D eigenvalue weighted by Gasteiger charge is 2.05. The average Bonchev–Trinajstić information content (AvgIpc) is 2.49. The van der Waals surface area contributed by atoms with Crippen molar-refractivity contribution in [1.29, 1.82) is 0 Å². The van der Waals surface area contributed by atoms with Crippen LogP contribution in [0.15, 0.2) is 48.5 Å². The number of carbonyl (C=O) groups excluding carboxylic acids is 1. The first-order valence-electron chi connectivity index (χ1n) is 6.76. The molecule has 5 nitrogen and oxygen atoms in total. The molecule has 0 spiro atoms. The Hall–Kier alpha value is -2.95. The molecular weight excluding hydrogens is 280 g/mol. The molecule has 1 amide bonds. The second-order valence-electron chi connectivity index (χ2n) is 4.99. The van der Waals surface area contributed by atoms with Crippen LogP contribution in [0.25, 0.3) is 6.08 Å². The van der Waals surface area contributed by atoms with Crippen molar-refractivity contribution >= 4 is 23.4 Å². The van der Waals surface area contributed by atoms with Gasteiger partial charge in [0.05, 0.1) is 4.92 Å². The van der Waals surface area contributed by atoms with Gasteiger partial charge in [0.15, 0.2) is 0 Å². The molecule has 2 rings (SSSR count). The molecule has 0 aromatic heterocycles. The number of anilines is 1. The third kappa shape index (κ3) is 4.02. The van der Waals surface area contributed by atoms with E-state index >= 15 is 0 Å². The second kappa shape index (κ2) is 6.67. The number of aryl methyl sites for hydroxylation is 2. The topological polar surface area (TPSA) is 72.2 Å². The smallest absolute Gasteiger partial charge is 0.270 e. The van der Waals surface area contributed by atoms with Crippen molar-refractivity contribution in [2.24, 2.45) is 0 Å². The van der Waals surface area contributed by atoms with Crippen LogP contribution < -0.4 is 5.32 Å². The van der Waals surface area contributed by atoms with E-state index in [0.29, 0.717) is 5.56 Å². The van der Waals surface area contributed by atoms with Crippen LogP contribution in [0, 0.1) is 24.0 Å². The lowest BCUT2D eigenvalue weighted by Gasteiger charge is -2.07. The van der Waals surface area contributed by atoms with Crippen LogP contribution in [0.2, 0.25) is 0 Å². The van der Waals surface area contributed by atoms with Crippen molar-refractivity contribution in [2.45, 2.75) is 13.8 Å². The van der Waals surface area contributed by atoms with E-state index in [-0.39, 0.29) is 11.6 Å². The highest BCUT2D eigenvalue weighted by molar-refractivity contribution is 6.02. The van der Waals surface area contributed by atoms with Gasteiger partial charge in [0.2, 0.25) is 5.91 Å². The lowest BCUT2D eigenvalue weighted by atomic mass is 10.1. The first-order chi connectivity index (χ1) is 10.5. The summed E-state index contributed by atoms with van der Waals surface area (Å²) >= 11 is 0. The molecule has 0 bridgehead atoms. The van der Waals surface area contributed by atoms with E-state index in [9.17, 15) is 14.9 Å². The summed E-state index contributed by atoms with van der Waals surface area (Å²) < 4.78 is 0. The van der Waals surface area contributed by atoms with Crippen molar-refractivity contribution in [3.63, 3.8) is 0 Å². The standard InChI is InChI=1S/C17H16N2O3/c1-12-6-7-13(2)16(10-12)18-17(20)9-8-14-4-3-5-15(11-14)19(21)22/h3-11H,1-2H3,(H,18,20). The first kappa shape index (κ1) is 15.4. The lowest BCUT2D eigenvalue weighted by molar-refractivity contribution is -0.384. The Morgan fingerprint density at radius 3 is 2.68 bits per heavy atom. The number of nitrogens with one attached hydrogen (secondary N) is 1. The Labute approximate surface area is 128 Å². The second-order valence-corrected chi connectivity index (χ2v) is 4.99. The molecule has 112 valence electrons. The minimum atomic E-state index is -0.465. The van der Waals surface area contributed by atoms with E-state index in [1.807, 2.05) is 32.0 Å². The third-order valence-corrected chi connectivity index (χ3v) is 3.16. The van der Waals surface area contributed by atoms with Crippen LogP contribution in [0.4, 0.5) is 11.4 Å².